The fourth-order valence-electron chi connectivity index (χ4n) is 1.02. The largest absolute Gasteiger partial charge is 0.481 e. The Bertz CT molecular complexity index is 227. The number of hydrogen-bond acceptors (Lipinski definition) is 3. The first kappa shape index (κ1) is 13.7. The first-order valence-corrected chi connectivity index (χ1v) is 5.06. The first-order chi connectivity index (χ1) is 6.88. The standard InChI is InChI=1S/C10H19NO4/c1-5-11(6-8(4)9(12)13)10(14)15-7(2)3/h7-8H,5-6H2,1-4H3,(H,12,13). The summed E-state index contributed by atoms with van der Waals surface area (Å²) in [5.41, 5.74) is 0. The van der Waals surface area contributed by atoms with Gasteiger partial charge in [-0.1, -0.05) is 6.92 Å². The SMILES string of the molecule is CCN(CC(C)C(=O)O)C(=O)OC(C)C. The molecule has 0 bridgehead atoms. The van der Waals surface area contributed by atoms with E-state index in [4.69, 9.17) is 9.84 Å². The van der Waals surface area contributed by atoms with Crippen molar-refractivity contribution in [1.82, 2.24) is 4.90 Å². The van der Waals surface area contributed by atoms with Gasteiger partial charge in [0.25, 0.3) is 0 Å². The number of carboxylic acids is 1. The number of aliphatic carboxylic acids is 1. The van der Waals surface area contributed by atoms with Crippen molar-refractivity contribution < 1.29 is 19.4 Å². The van der Waals surface area contributed by atoms with Gasteiger partial charge in [-0.05, 0) is 20.8 Å². The van der Waals surface area contributed by atoms with Crippen molar-refractivity contribution in [2.24, 2.45) is 5.92 Å². The molecule has 0 aromatic carbocycles. The lowest BCUT2D eigenvalue weighted by molar-refractivity contribution is -0.141. The number of carbonyl (C=O) groups excluding carboxylic acids is 1. The number of carboxylic acid groups (broad SMARTS) is 1. The predicted octanol–water partition coefficient (Wildman–Crippen LogP) is 1.57. The number of hydrogen-bond donors (Lipinski definition) is 1. The van der Waals surface area contributed by atoms with Crippen molar-refractivity contribution in [2.75, 3.05) is 13.1 Å². The van der Waals surface area contributed by atoms with E-state index in [1.165, 1.54) is 4.90 Å². The zero-order valence-corrected chi connectivity index (χ0v) is 9.69. The molecule has 1 amide bonds. The summed E-state index contributed by atoms with van der Waals surface area (Å²) in [4.78, 5) is 23.5. The highest BCUT2D eigenvalue weighted by atomic mass is 16.6. The molecule has 5 nitrogen and oxygen atoms in total. The molecule has 0 aliphatic carbocycles. The van der Waals surface area contributed by atoms with Crippen LogP contribution in [0, 0.1) is 5.92 Å². The van der Waals surface area contributed by atoms with E-state index in [9.17, 15) is 9.59 Å². The van der Waals surface area contributed by atoms with Crippen LogP contribution >= 0.6 is 0 Å². The molecule has 0 radical (unpaired) electrons. The van der Waals surface area contributed by atoms with Gasteiger partial charge in [0.15, 0.2) is 0 Å². The molecule has 0 aromatic rings. The Morgan fingerprint density at radius 1 is 1.33 bits per heavy atom. The van der Waals surface area contributed by atoms with Gasteiger partial charge in [0, 0.05) is 13.1 Å². The maximum atomic E-state index is 11.5. The minimum absolute atomic E-state index is 0.178. The molecule has 1 N–H and O–H groups in total. The van der Waals surface area contributed by atoms with Crippen LogP contribution in [0.5, 0.6) is 0 Å². The van der Waals surface area contributed by atoms with Crippen LogP contribution in [0.2, 0.25) is 0 Å². The quantitative estimate of drug-likeness (QED) is 0.759. The summed E-state index contributed by atoms with van der Waals surface area (Å²) in [5.74, 6) is -1.49. The van der Waals surface area contributed by atoms with Crippen LogP contribution in [0.15, 0.2) is 0 Å². The maximum Gasteiger partial charge on any atom is 0.410 e. The van der Waals surface area contributed by atoms with Gasteiger partial charge in [-0.15, -0.1) is 0 Å². The molecule has 0 saturated heterocycles. The van der Waals surface area contributed by atoms with E-state index in [-0.39, 0.29) is 12.6 Å². The van der Waals surface area contributed by atoms with Gasteiger partial charge in [-0.2, -0.15) is 0 Å². The van der Waals surface area contributed by atoms with Crippen LogP contribution in [-0.2, 0) is 9.53 Å². The minimum Gasteiger partial charge on any atom is -0.481 e. The molecule has 0 fully saturated rings. The number of nitrogens with zero attached hydrogens (tertiary/aromatic N) is 1. The van der Waals surface area contributed by atoms with Crippen molar-refractivity contribution >= 4 is 12.1 Å². The molecule has 0 aromatic heterocycles. The smallest absolute Gasteiger partial charge is 0.410 e. The highest BCUT2D eigenvalue weighted by Gasteiger charge is 2.20. The van der Waals surface area contributed by atoms with Crippen molar-refractivity contribution in [3.8, 4) is 0 Å². The van der Waals surface area contributed by atoms with Gasteiger partial charge in [-0.3, -0.25) is 4.79 Å². The van der Waals surface area contributed by atoms with E-state index < -0.39 is 18.0 Å². The van der Waals surface area contributed by atoms with E-state index in [0.29, 0.717) is 6.54 Å². The molecule has 15 heavy (non-hydrogen) atoms. The van der Waals surface area contributed by atoms with Crippen LogP contribution in [0.1, 0.15) is 27.7 Å². The second-order valence-corrected chi connectivity index (χ2v) is 3.71. The molecule has 0 spiro atoms. The number of carbonyl (C=O) groups is 2. The first-order valence-electron chi connectivity index (χ1n) is 5.06. The third-order valence-electron chi connectivity index (χ3n) is 1.89. The van der Waals surface area contributed by atoms with Crippen molar-refractivity contribution in [3.63, 3.8) is 0 Å². The second kappa shape index (κ2) is 6.27. The summed E-state index contributed by atoms with van der Waals surface area (Å²) in [6.45, 7) is 7.49. The van der Waals surface area contributed by atoms with Gasteiger partial charge in [-0.25, -0.2) is 4.79 Å². The highest BCUT2D eigenvalue weighted by molar-refractivity contribution is 5.72. The predicted molar refractivity (Wildman–Crippen MR) is 55.7 cm³/mol. The van der Waals surface area contributed by atoms with Crippen LogP contribution < -0.4 is 0 Å². The zero-order chi connectivity index (χ0) is 12.0. The van der Waals surface area contributed by atoms with E-state index >= 15 is 0 Å². The fraction of sp³-hybridized carbons (Fsp3) is 0.800. The minimum atomic E-state index is -0.911. The van der Waals surface area contributed by atoms with E-state index in [0.717, 1.165) is 0 Å². The topological polar surface area (TPSA) is 66.8 Å². The summed E-state index contributed by atoms with van der Waals surface area (Å²) >= 11 is 0. The Morgan fingerprint density at radius 3 is 2.20 bits per heavy atom. The Kier molecular flexibility index (Phi) is 5.74. The van der Waals surface area contributed by atoms with Gasteiger partial charge < -0.3 is 14.7 Å². The second-order valence-electron chi connectivity index (χ2n) is 3.71. The van der Waals surface area contributed by atoms with Gasteiger partial charge >= 0.3 is 12.1 Å². The lowest BCUT2D eigenvalue weighted by Gasteiger charge is -2.23. The monoisotopic (exact) mass is 217 g/mol. The van der Waals surface area contributed by atoms with Crippen LogP contribution in [0.25, 0.3) is 0 Å². The summed E-state index contributed by atoms with van der Waals surface area (Å²) in [6, 6.07) is 0. The molecule has 0 aliphatic rings. The fourth-order valence-corrected chi connectivity index (χ4v) is 1.02. The average molecular weight is 217 g/mol. The number of amides is 1. The van der Waals surface area contributed by atoms with Gasteiger partial charge in [0.2, 0.25) is 0 Å². The summed E-state index contributed by atoms with van der Waals surface area (Å²) < 4.78 is 4.98. The van der Waals surface area contributed by atoms with Crippen molar-refractivity contribution in [2.45, 2.75) is 33.8 Å². The molecule has 88 valence electrons. The van der Waals surface area contributed by atoms with E-state index in [2.05, 4.69) is 0 Å². The molecule has 0 aliphatic heterocycles. The summed E-state index contributed by atoms with van der Waals surface area (Å²) in [5, 5.41) is 8.71. The zero-order valence-electron chi connectivity index (χ0n) is 9.69. The van der Waals surface area contributed by atoms with Gasteiger partial charge in [0.1, 0.15) is 0 Å². The van der Waals surface area contributed by atoms with Crippen molar-refractivity contribution in [3.05, 3.63) is 0 Å². The molecular formula is C10H19NO4. The van der Waals surface area contributed by atoms with E-state index in [1.807, 2.05) is 0 Å². The normalized spacial score (nSPS) is 12.3. The summed E-state index contributed by atoms with van der Waals surface area (Å²) in [6.07, 6.45) is -0.646. The Balaban J connectivity index is 4.24. The molecule has 5 heteroatoms. The average Bonchev–Trinajstić information content (AvgIpc) is 2.11. The Morgan fingerprint density at radius 2 is 1.87 bits per heavy atom. The van der Waals surface area contributed by atoms with Gasteiger partial charge in [0.05, 0.1) is 12.0 Å². The van der Waals surface area contributed by atoms with Crippen LogP contribution in [0.3, 0.4) is 0 Å². The lowest BCUT2D eigenvalue weighted by Crippen LogP contribution is -2.38. The van der Waals surface area contributed by atoms with Crippen molar-refractivity contribution in [1.29, 1.82) is 0 Å². The molecular weight excluding hydrogens is 198 g/mol. The third kappa shape index (κ3) is 5.24. The Labute approximate surface area is 90.0 Å². The Hall–Kier alpha value is -1.26. The lowest BCUT2D eigenvalue weighted by atomic mass is 10.2. The molecule has 0 rings (SSSR count). The van der Waals surface area contributed by atoms with E-state index in [1.54, 1.807) is 27.7 Å². The molecule has 1 unspecified atom stereocenters. The highest BCUT2D eigenvalue weighted by Crippen LogP contribution is 2.04. The van der Waals surface area contributed by atoms with Crippen LogP contribution in [-0.4, -0.2) is 41.3 Å². The summed E-state index contributed by atoms with van der Waals surface area (Å²) in [7, 11) is 0. The number of rotatable bonds is 5. The molecule has 0 saturated carbocycles. The van der Waals surface area contributed by atoms with Crippen LogP contribution in [0.4, 0.5) is 4.79 Å². The maximum absolute atomic E-state index is 11.5. The molecule has 1 atom stereocenters. The number of ether oxygens (including phenoxy) is 1. The third-order valence-corrected chi connectivity index (χ3v) is 1.89. The molecule has 0 heterocycles.